The van der Waals surface area contributed by atoms with Gasteiger partial charge in [0.25, 0.3) is 0 Å². The van der Waals surface area contributed by atoms with Gasteiger partial charge < -0.3 is 15.4 Å². The predicted octanol–water partition coefficient (Wildman–Crippen LogP) is 2.44. The van der Waals surface area contributed by atoms with Crippen LogP contribution in [0.15, 0.2) is 18.2 Å². The Labute approximate surface area is 104 Å². The van der Waals surface area contributed by atoms with Gasteiger partial charge in [0.15, 0.2) is 0 Å². The highest BCUT2D eigenvalue weighted by Gasteiger charge is 2.16. The van der Waals surface area contributed by atoms with Gasteiger partial charge in [0.05, 0.1) is 18.0 Å². The summed E-state index contributed by atoms with van der Waals surface area (Å²) in [6, 6.07) is 6.25. The van der Waals surface area contributed by atoms with E-state index < -0.39 is 0 Å². The third-order valence-electron chi connectivity index (χ3n) is 3.38. The average Bonchev–Trinajstić information content (AvgIpc) is 2.30. The van der Waals surface area contributed by atoms with Gasteiger partial charge in [-0.15, -0.1) is 0 Å². The number of hydrogen-bond acceptors (Lipinski definition) is 3. The third kappa shape index (κ3) is 3.13. The van der Waals surface area contributed by atoms with E-state index in [9.17, 15) is 0 Å². The maximum absolute atomic E-state index is 6.05. The second kappa shape index (κ2) is 5.41. The SMILES string of the molecule is Cc1ccc(N(C)CC2CCCOC2)c(N)c1. The molecule has 1 unspecified atom stereocenters. The highest BCUT2D eigenvalue weighted by atomic mass is 16.5. The highest BCUT2D eigenvalue weighted by molar-refractivity contribution is 5.68. The summed E-state index contributed by atoms with van der Waals surface area (Å²) in [5.74, 6) is 0.634. The zero-order valence-electron chi connectivity index (χ0n) is 10.8. The molecule has 0 amide bonds. The van der Waals surface area contributed by atoms with Crippen molar-refractivity contribution < 1.29 is 4.74 Å². The van der Waals surface area contributed by atoms with Crippen molar-refractivity contribution in [1.82, 2.24) is 0 Å². The summed E-state index contributed by atoms with van der Waals surface area (Å²) in [5, 5.41) is 0. The molecular formula is C14H22N2O. The second-order valence-electron chi connectivity index (χ2n) is 5.03. The largest absolute Gasteiger partial charge is 0.397 e. The van der Waals surface area contributed by atoms with Crippen molar-refractivity contribution in [2.45, 2.75) is 19.8 Å². The molecule has 1 saturated heterocycles. The summed E-state index contributed by atoms with van der Waals surface area (Å²) in [5.41, 5.74) is 9.25. The van der Waals surface area contributed by atoms with Crippen molar-refractivity contribution in [2.24, 2.45) is 5.92 Å². The van der Waals surface area contributed by atoms with Gasteiger partial charge >= 0.3 is 0 Å². The molecule has 2 rings (SSSR count). The molecule has 1 aromatic carbocycles. The lowest BCUT2D eigenvalue weighted by atomic mass is 10.0. The molecule has 1 fully saturated rings. The van der Waals surface area contributed by atoms with Crippen LogP contribution in [0.2, 0.25) is 0 Å². The van der Waals surface area contributed by atoms with Crippen LogP contribution in [0.3, 0.4) is 0 Å². The molecule has 0 radical (unpaired) electrons. The normalized spacial score (nSPS) is 20.2. The minimum absolute atomic E-state index is 0.634. The Hall–Kier alpha value is -1.22. The Morgan fingerprint density at radius 1 is 1.47 bits per heavy atom. The van der Waals surface area contributed by atoms with Crippen LogP contribution in [-0.4, -0.2) is 26.8 Å². The summed E-state index contributed by atoms with van der Waals surface area (Å²) in [6.45, 7) is 4.89. The van der Waals surface area contributed by atoms with Crippen molar-refractivity contribution in [3.63, 3.8) is 0 Å². The van der Waals surface area contributed by atoms with Crippen LogP contribution >= 0.6 is 0 Å². The van der Waals surface area contributed by atoms with Crippen molar-refractivity contribution in [2.75, 3.05) is 37.4 Å². The van der Waals surface area contributed by atoms with E-state index in [-0.39, 0.29) is 0 Å². The number of nitrogens with zero attached hydrogens (tertiary/aromatic N) is 1. The molecule has 0 aromatic heterocycles. The number of nitrogen functional groups attached to an aromatic ring is 1. The van der Waals surface area contributed by atoms with Gasteiger partial charge in [-0.2, -0.15) is 0 Å². The molecule has 3 heteroatoms. The van der Waals surface area contributed by atoms with Gasteiger partial charge in [0, 0.05) is 20.2 Å². The smallest absolute Gasteiger partial charge is 0.0597 e. The van der Waals surface area contributed by atoms with Gasteiger partial charge in [-0.25, -0.2) is 0 Å². The minimum atomic E-state index is 0.634. The van der Waals surface area contributed by atoms with E-state index in [0.29, 0.717) is 5.92 Å². The Kier molecular flexibility index (Phi) is 3.89. The van der Waals surface area contributed by atoms with Crippen LogP contribution in [0.25, 0.3) is 0 Å². The van der Waals surface area contributed by atoms with Gasteiger partial charge in [-0.3, -0.25) is 0 Å². The van der Waals surface area contributed by atoms with Gasteiger partial charge in [0.2, 0.25) is 0 Å². The summed E-state index contributed by atoms with van der Waals surface area (Å²) in [4.78, 5) is 2.24. The number of anilines is 2. The molecule has 0 saturated carbocycles. The van der Waals surface area contributed by atoms with Crippen molar-refractivity contribution in [3.05, 3.63) is 23.8 Å². The van der Waals surface area contributed by atoms with Gasteiger partial charge in [-0.05, 0) is 43.4 Å². The standard InChI is InChI=1S/C14H22N2O/c1-11-5-6-14(13(15)8-11)16(2)9-12-4-3-7-17-10-12/h5-6,8,12H,3-4,7,9-10,15H2,1-2H3. The van der Waals surface area contributed by atoms with E-state index in [0.717, 1.165) is 31.1 Å². The number of hydrogen-bond donors (Lipinski definition) is 1. The van der Waals surface area contributed by atoms with E-state index in [1.54, 1.807) is 0 Å². The Morgan fingerprint density at radius 3 is 2.94 bits per heavy atom. The van der Waals surface area contributed by atoms with Crippen molar-refractivity contribution in [1.29, 1.82) is 0 Å². The first kappa shape index (κ1) is 12.2. The van der Waals surface area contributed by atoms with Crippen LogP contribution in [-0.2, 0) is 4.74 Å². The monoisotopic (exact) mass is 234 g/mol. The first-order valence-corrected chi connectivity index (χ1v) is 6.32. The van der Waals surface area contributed by atoms with Crippen LogP contribution in [0.4, 0.5) is 11.4 Å². The maximum atomic E-state index is 6.05. The average molecular weight is 234 g/mol. The van der Waals surface area contributed by atoms with Crippen molar-refractivity contribution in [3.8, 4) is 0 Å². The number of benzene rings is 1. The summed E-state index contributed by atoms with van der Waals surface area (Å²) >= 11 is 0. The molecular weight excluding hydrogens is 212 g/mol. The fraction of sp³-hybridized carbons (Fsp3) is 0.571. The van der Waals surface area contributed by atoms with Crippen LogP contribution in [0.1, 0.15) is 18.4 Å². The molecule has 0 bridgehead atoms. The minimum Gasteiger partial charge on any atom is -0.397 e. The van der Waals surface area contributed by atoms with Gasteiger partial charge in [-0.1, -0.05) is 6.07 Å². The Balaban J connectivity index is 2.00. The molecule has 1 aromatic rings. The molecule has 0 aliphatic carbocycles. The van der Waals surface area contributed by atoms with Crippen LogP contribution in [0.5, 0.6) is 0 Å². The van der Waals surface area contributed by atoms with E-state index in [1.807, 2.05) is 6.07 Å². The third-order valence-corrected chi connectivity index (χ3v) is 3.38. The molecule has 94 valence electrons. The van der Waals surface area contributed by atoms with E-state index in [2.05, 4.69) is 31.0 Å². The number of aryl methyl sites for hydroxylation is 1. The number of ether oxygens (including phenoxy) is 1. The van der Waals surface area contributed by atoms with Crippen LogP contribution < -0.4 is 10.6 Å². The van der Waals surface area contributed by atoms with Gasteiger partial charge in [0.1, 0.15) is 0 Å². The highest BCUT2D eigenvalue weighted by Crippen LogP contribution is 2.25. The fourth-order valence-corrected chi connectivity index (χ4v) is 2.46. The molecule has 1 atom stereocenters. The maximum Gasteiger partial charge on any atom is 0.0597 e. The summed E-state index contributed by atoms with van der Waals surface area (Å²) in [7, 11) is 2.11. The molecule has 3 nitrogen and oxygen atoms in total. The molecule has 0 spiro atoms. The lowest BCUT2D eigenvalue weighted by molar-refractivity contribution is 0.0576. The molecule has 17 heavy (non-hydrogen) atoms. The molecule has 2 N–H and O–H groups in total. The molecule has 1 heterocycles. The van der Waals surface area contributed by atoms with E-state index in [4.69, 9.17) is 10.5 Å². The number of nitrogens with two attached hydrogens (primary N) is 1. The predicted molar refractivity (Wildman–Crippen MR) is 72.4 cm³/mol. The topological polar surface area (TPSA) is 38.5 Å². The lowest BCUT2D eigenvalue weighted by Crippen LogP contribution is -2.31. The summed E-state index contributed by atoms with van der Waals surface area (Å²) < 4.78 is 5.51. The van der Waals surface area contributed by atoms with Crippen molar-refractivity contribution >= 4 is 11.4 Å². The molecule has 1 aliphatic rings. The van der Waals surface area contributed by atoms with E-state index >= 15 is 0 Å². The first-order chi connectivity index (χ1) is 8.16. The summed E-state index contributed by atoms with van der Waals surface area (Å²) in [6.07, 6.45) is 2.44. The number of rotatable bonds is 3. The quantitative estimate of drug-likeness (QED) is 0.816. The lowest BCUT2D eigenvalue weighted by Gasteiger charge is -2.29. The zero-order chi connectivity index (χ0) is 12.3. The Bertz CT molecular complexity index is 372. The Morgan fingerprint density at radius 2 is 2.29 bits per heavy atom. The van der Waals surface area contributed by atoms with E-state index in [1.165, 1.54) is 18.4 Å². The fourth-order valence-electron chi connectivity index (χ4n) is 2.46. The van der Waals surface area contributed by atoms with Crippen LogP contribution in [0, 0.1) is 12.8 Å². The second-order valence-corrected chi connectivity index (χ2v) is 5.03. The molecule has 1 aliphatic heterocycles. The zero-order valence-corrected chi connectivity index (χ0v) is 10.8. The first-order valence-electron chi connectivity index (χ1n) is 6.32.